The smallest absolute Gasteiger partial charge is 0.407 e. The summed E-state index contributed by atoms with van der Waals surface area (Å²) in [7, 11) is 1.13. The van der Waals surface area contributed by atoms with Gasteiger partial charge in [-0.15, -0.1) is 0 Å². The van der Waals surface area contributed by atoms with Crippen LogP contribution in [0.5, 0.6) is 0 Å². The molecule has 0 saturated carbocycles. The van der Waals surface area contributed by atoms with Gasteiger partial charge in [0.05, 0.1) is 56.1 Å². The molecule has 4 aromatic rings. The third kappa shape index (κ3) is 7.95. The summed E-state index contributed by atoms with van der Waals surface area (Å²) in [5.41, 5.74) is 9.23. The van der Waals surface area contributed by atoms with Crippen LogP contribution in [0.25, 0.3) is 33.6 Å². The van der Waals surface area contributed by atoms with Gasteiger partial charge in [-0.3, -0.25) is 9.59 Å². The van der Waals surface area contributed by atoms with E-state index >= 15 is 0 Å². The van der Waals surface area contributed by atoms with E-state index in [4.69, 9.17) is 10.5 Å². The Morgan fingerprint density at radius 1 is 0.774 bits per heavy atom. The number of methoxy groups -OCH3 is 1. The van der Waals surface area contributed by atoms with Crippen LogP contribution >= 0.6 is 0 Å². The summed E-state index contributed by atoms with van der Waals surface area (Å²) in [6.07, 6.45) is -1.69. The number of likely N-dealkylation sites (tertiary alicyclic amines) is 2. The van der Waals surface area contributed by atoms with Crippen LogP contribution in [0, 0.1) is 0 Å². The monoisotopic (exact) mass is 740 g/mol. The minimum atomic E-state index is -3.17. The van der Waals surface area contributed by atoms with Crippen LogP contribution in [0.15, 0.2) is 60.9 Å². The molecule has 2 saturated heterocycles. The lowest BCUT2D eigenvalue weighted by Gasteiger charge is -2.25. The number of amides is 4. The number of rotatable bonds is 9. The quantitative estimate of drug-likeness (QED) is 0.169. The van der Waals surface area contributed by atoms with Gasteiger partial charge >= 0.3 is 12.2 Å². The number of hydrogen-bond donors (Lipinski definition) is 4. The standard InChI is InChI=1S/C35H36F4N8O6/c1-18(43-33(51)52-3)30(48)46-16-34(36,37)12-26(46)28-41-14-24(44-28)22-8-4-20(5-9-22)21-6-10-23(11-7-21)25-15-42-29(45-25)27-13-35(38,39)17-47(27)31(49)19(2)53-32(40)50/h4-11,14-15,18-19,26-27H,12-13,16-17H2,1-3H3,(H2,40,50)(H,41,44)(H,42,45)(H,43,51)/t18?,19?,26-,27-/m0/s1. The number of nitrogens with one attached hydrogen (secondary N) is 3. The number of alkyl carbamates (subject to hydrolysis) is 1. The van der Waals surface area contributed by atoms with Gasteiger partial charge in [-0.2, -0.15) is 0 Å². The van der Waals surface area contributed by atoms with Crippen molar-refractivity contribution in [3.05, 3.63) is 72.6 Å². The highest BCUT2D eigenvalue weighted by Gasteiger charge is 2.51. The van der Waals surface area contributed by atoms with Crippen molar-refractivity contribution < 1.29 is 46.2 Å². The molecule has 4 atom stereocenters. The molecule has 0 radical (unpaired) electrons. The van der Waals surface area contributed by atoms with E-state index in [-0.39, 0.29) is 11.6 Å². The van der Waals surface area contributed by atoms with E-state index in [1.54, 1.807) is 0 Å². The number of ether oxygens (including phenoxy) is 2. The normalized spacial score (nSPS) is 20.1. The Morgan fingerprint density at radius 3 is 1.60 bits per heavy atom. The lowest BCUT2D eigenvalue weighted by atomic mass is 10.0. The Balaban J connectivity index is 1.13. The summed E-state index contributed by atoms with van der Waals surface area (Å²) in [6.45, 7) is 0.972. The molecule has 0 aliphatic carbocycles. The van der Waals surface area contributed by atoms with Crippen LogP contribution in [-0.2, 0) is 19.1 Å². The van der Waals surface area contributed by atoms with E-state index in [2.05, 4.69) is 30.0 Å². The number of aromatic nitrogens is 4. The Kier molecular flexibility index (Phi) is 9.89. The van der Waals surface area contributed by atoms with Crippen molar-refractivity contribution >= 4 is 24.0 Å². The minimum Gasteiger partial charge on any atom is -0.453 e. The molecule has 280 valence electrons. The van der Waals surface area contributed by atoms with E-state index in [0.717, 1.165) is 33.6 Å². The number of nitrogens with two attached hydrogens (primary N) is 1. The number of carbonyl (C=O) groups is 4. The predicted octanol–water partition coefficient (Wildman–Crippen LogP) is 5.18. The number of primary amides is 1. The topological polar surface area (TPSA) is 189 Å². The zero-order chi connectivity index (χ0) is 38.2. The minimum absolute atomic E-state index is 0.157. The van der Waals surface area contributed by atoms with Crippen molar-refractivity contribution in [2.24, 2.45) is 5.73 Å². The lowest BCUT2D eigenvalue weighted by Crippen LogP contribution is -2.47. The maximum absolute atomic E-state index is 14.5. The average Bonchev–Trinajstić information content (AvgIpc) is 3.92. The molecule has 18 heteroatoms. The summed E-state index contributed by atoms with van der Waals surface area (Å²) in [5.74, 6) is -7.48. The number of H-pyrrole nitrogens is 2. The molecule has 2 aromatic carbocycles. The molecule has 2 aliphatic rings. The first kappa shape index (κ1) is 36.8. The molecule has 2 aromatic heterocycles. The van der Waals surface area contributed by atoms with Crippen LogP contribution in [-0.4, -0.2) is 97.9 Å². The summed E-state index contributed by atoms with van der Waals surface area (Å²) >= 11 is 0. The number of hydrogen-bond acceptors (Lipinski definition) is 8. The van der Waals surface area contributed by atoms with Crippen molar-refractivity contribution in [3.8, 4) is 33.6 Å². The zero-order valence-corrected chi connectivity index (χ0v) is 28.7. The molecule has 4 heterocycles. The number of aromatic amines is 2. The van der Waals surface area contributed by atoms with Gasteiger partial charge in [0.25, 0.3) is 17.8 Å². The highest BCUT2D eigenvalue weighted by molar-refractivity contribution is 5.86. The third-order valence-electron chi connectivity index (χ3n) is 9.18. The predicted molar refractivity (Wildman–Crippen MR) is 180 cm³/mol. The fraction of sp³-hybridized carbons (Fsp3) is 0.371. The van der Waals surface area contributed by atoms with Crippen LogP contribution in [0.1, 0.15) is 50.4 Å². The summed E-state index contributed by atoms with van der Waals surface area (Å²) in [6, 6.07) is 11.6. The van der Waals surface area contributed by atoms with Gasteiger partial charge in [-0.05, 0) is 36.1 Å². The molecular formula is C35H36F4N8O6. The first-order valence-electron chi connectivity index (χ1n) is 16.5. The van der Waals surface area contributed by atoms with Gasteiger partial charge in [0.15, 0.2) is 6.10 Å². The zero-order valence-electron chi connectivity index (χ0n) is 28.7. The molecule has 2 aliphatic heterocycles. The highest BCUT2D eigenvalue weighted by atomic mass is 19.3. The summed E-state index contributed by atoms with van der Waals surface area (Å²) < 4.78 is 67.1. The fourth-order valence-electron chi connectivity index (χ4n) is 6.58. The molecule has 4 amide bonds. The van der Waals surface area contributed by atoms with Crippen molar-refractivity contribution in [3.63, 3.8) is 0 Å². The molecule has 14 nitrogen and oxygen atoms in total. The third-order valence-corrected chi connectivity index (χ3v) is 9.18. The van der Waals surface area contributed by atoms with Crippen LogP contribution < -0.4 is 11.1 Å². The maximum Gasteiger partial charge on any atom is 0.407 e. The second-order valence-electron chi connectivity index (χ2n) is 13.0. The summed E-state index contributed by atoms with van der Waals surface area (Å²) in [5, 5.41) is 2.31. The molecule has 53 heavy (non-hydrogen) atoms. The van der Waals surface area contributed by atoms with E-state index < -0.39 is 86.0 Å². The fourth-order valence-corrected chi connectivity index (χ4v) is 6.58. The van der Waals surface area contributed by atoms with E-state index in [9.17, 15) is 36.7 Å². The molecular weight excluding hydrogens is 704 g/mol. The molecule has 0 bridgehead atoms. The van der Waals surface area contributed by atoms with Gasteiger partial charge in [-0.25, -0.2) is 37.1 Å². The van der Waals surface area contributed by atoms with E-state index in [0.29, 0.717) is 17.0 Å². The molecule has 2 fully saturated rings. The number of alkyl halides is 4. The van der Waals surface area contributed by atoms with Crippen molar-refractivity contribution in [2.75, 3.05) is 20.2 Å². The average molecular weight is 741 g/mol. The van der Waals surface area contributed by atoms with Crippen LogP contribution in [0.2, 0.25) is 0 Å². The van der Waals surface area contributed by atoms with Crippen molar-refractivity contribution in [1.82, 2.24) is 35.1 Å². The number of nitrogens with zero attached hydrogens (tertiary/aromatic N) is 4. The van der Waals surface area contributed by atoms with Gasteiger partial charge in [0, 0.05) is 12.8 Å². The second-order valence-corrected chi connectivity index (χ2v) is 13.0. The maximum atomic E-state index is 14.5. The molecule has 5 N–H and O–H groups in total. The van der Waals surface area contributed by atoms with E-state index in [1.165, 1.54) is 26.2 Å². The van der Waals surface area contributed by atoms with Crippen molar-refractivity contribution in [2.45, 2.75) is 62.8 Å². The lowest BCUT2D eigenvalue weighted by molar-refractivity contribution is -0.141. The Labute approximate surface area is 300 Å². The largest absolute Gasteiger partial charge is 0.453 e. The van der Waals surface area contributed by atoms with Gasteiger partial charge in [-0.1, -0.05) is 48.5 Å². The molecule has 0 spiro atoms. The number of carbonyl (C=O) groups excluding carboxylic acids is 4. The first-order valence-corrected chi connectivity index (χ1v) is 16.5. The second kappa shape index (κ2) is 14.2. The highest BCUT2D eigenvalue weighted by Crippen LogP contribution is 2.42. The molecule has 6 rings (SSSR count). The number of benzene rings is 2. The van der Waals surface area contributed by atoms with Crippen LogP contribution in [0.3, 0.4) is 0 Å². The summed E-state index contributed by atoms with van der Waals surface area (Å²) in [4.78, 5) is 65.2. The number of imidazole rings is 2. The van der Waals surface area contributed by atoms with Crippen LogP contribution in [0.4, 0.5) is 27.2 Å². The van der Waals surface area contributed by atoms with Gasteiger partial charge < -0.3 is 40.3 Å². The van der Waals surface area contributed by atoms with E-state index in [1.807, 2.05) is 48.5 Å². The first-order chi connectivity index (χ1) is 25.0. The molecule has 2 unspecified atom stereocenters. The van der Waals surface area contributed by atoms with Gasteiger partial charge in [0.2, 0.25) is 5.91 Å². The van der Waals surface area contributed by atoms with Crippen molar-refractivity contribution in [1.29, 1.82) is 0 Å². The number of halogens is 4. The SMILES string of the molecule is COC(=O)NC(C)C(=O)N1CC(F)(F)C[C@H]1c1ncc(-c2ccc(-c3ccc(-c4cnc([C@@H]5CC(F)(F)CN5C(=O)C(C)OC(N)=O)[nH]4)cc3)cc2)[nH]1. The Hall–Kier alpha value is -5.94. The Morgan fingerprint density at radius 2 is 1.19 bits per heavy atom. The Bertz CT molecular complexity index is 2000. The van der Waals surface area contributed by atoms with Gasteiger partial charge in [0.1, 0.15) is 17.7 Å².